The molecule has 0 unspecified atom stereocenters. The van der Waals surface area contributed by atoms with E-state index in [1.165, 1.54) is 12.1 Å². The van der Waals surface area contributed by atoms with Gasteiger partial charge in [-0.15, -0.1) is 0 Å². The van der Waals surface area contributed by atoms with Crippen molar-refractivity contribution in [3.05, 3.63) is 35.9 Å². The summed E-state index contributed by atoms with van der Waals surface area (Å²) >= 11 is 0. The highest BCUT2D eigenvalue weighted by Gasteiger charge is 2.33. The number of amides is 1. The maximum Gasteiger partial charge on any atom is 0.249 e. The van der Waals surface area contributed by atoms with Crippen molar-refractivity contribution in [2.45, 2.75) is 24.4 Å². The average Bonchev–Trinajstić information content (AvgIpc) is 2.36. The molecule has 0 heterocycles. The number of hydrogen-bond donors (Lipinski definition) is 5. The van der Waals surface area contributed by atoms with Crippen molar-refractivity contribution in [2.75, 3.05) is 0 Å². The van der Waals surface area contributed by atoms with Gasteiger partial charge in [-0.05, 0) is 5.56 Å². The molecule has 6 heteroatoms. The summed E-state index contributed by atoms with van der Waals surface area (Å²) in [6, 6.07) is 8.08. The maximum atomic E-state index is 10.6. The van der Waals surface area contributed by atoms with E-state index in [4.69, 9.17) is 10.8 Å². The van der Waals surface area contributed by atoms with Crippen LogP contribution in [0.4, 0.5) is 0 Å². The smallest absolute Gasteiger partial charge is 0.249 e. The second-order valence-corrected chi connectivity index (χ2v) is 3.68. The van der Waals surface area contributed by atoms with E-state index in [-0.39, 0.29) is 0 Å². The number of carbonyl (C=O) groups excluding carboxylic acids is 1. The van der Waals surface area contributed by atoms with E-state index in [0.29, 0.717) is 5.56 Å². The van der Waals surface area contributed by atoms with Gasteiger partial charge in [0.2, 0.25) is 5.91 Å². The van der Waals surface area contributed by atoms with Gasteiger partial charge in [-0.3, -0.25) is 4.79 Å². The van der Waals surface area contributed by atoms with Gasteiger partial charge in [0, 0.05) is 0 Å². The number of aliphatic hydroxyl groups is 4. The van der Waals surface area contributed by atoms with Crippen molar-refractivity contribution >= 4 is 5.91 Å². The zero-order valence-corrected chi connectivity index (χ0v) is 8.97. The molecule has 0 spiro atoms. The summed E-state index contributed by atoms with van der Waals surface area (Å²) < 4.78 is 0. The highest BCUT2D eigenvalue weighted by molar-refractivity contribution is 5.79. The van der Waals surface area contributed by atoms with E-state index in [1.807, 2.05) is 0 Å². The number of aliphatic hydroxyl groups excluding tert-OH is 4. The molecule has 0 aliphatic carbocycles. The Kier molecular flexibility index (Phi) is 4.59. The fraction of sp³-hybridized carbons (Fsp3) is 0.364. The van der Waals surface area contributed by atoms with Gasteiger partial charge >= 0.3 is 0 Å². The molecule has 6 nitrogen and oxygen atoms in total. The Hall–Kier alpha value is -1.47. The first-order valence-electron chi connectivity index (χ1n) is 5.01. The van der Waals surface area contributed by atoms with Gasteiger partial charge in [-0.25, -0.2) is 0 Å². The summed E-state index contributed by atoms with van der Waals surface area (Å²) in [5.41, 5.74) is 5.13. The summed E-state index contributed by atoms with van der Waals surface area (Å²) in [5.74, 6) is -1.17. The van der Waals surface area contributed by atoms with E-state index in [9.17, 15) is 20.1 Å². The van der Waals surface area contributed by atoms with Gasteiger partial charge in [0.25, 0.3) is 0 Å². The largest absolute Gasteiger partial charge is 0.387 e. The highest BCUT2D eigenvalue weighted by atomic mass is 16.4. The highest BCUT2D eigenvalue weighted by Crippen LogP contribution is 2.19. The van der Waals surface area contributed by atoms with Crippen molar-refractivity contribution in [1.82, 2.24) is 0 Å². The molecular weight excluding hydrogens is 226 g/mol. The van der Waals surface area contributed by atoms with E-state index >= 15 is 0 Å². The SMILES string of the molecule is NC(=O)[C@@H](O)[C@@H](O)[C@@H](O)[C@@H](O)c1ccccc1. The predicted molar refractivity (Wildman–Crippen MR) is 58.6 cm³/mol. The third-order valence-electron chi connectivity index (χ3n) is 2.43. The fourth-order valence-electron chi connectivity index (χ4n) is 1.39. The minimum Gasteiger partial charge on any atom is -0.387 e. The molecule has 1 rings (SSSR count). The molecule has 0 radical (unpaired) electrons. The third-order valence-corrected chi connectivity index (χ3v) is 2.43. The van der Waals surface area contributed by atoms with E-state index < -0.39 is 30.3 Å². The van der Waals surface area contributed by atoms with Gasteiger partial charge in [0.05, 0.1) is 0 Å². The Balaban J connectivity index is 2.76. The molecule has 17 heavy (non-hydrogen) atoms. The Morgan fingerprint density at radius 1 is 1.00 bits per heavy atom. The lowest BCUT2D eigenvalue weighted by molar-refractivity contribution is -0.144. The van der Waals surface area contributed by atoms with Crippen LogP contribution >= 0.6 is 0 Å². The number of rotatable bonds is 5. The van der Waals surface area contributed by atoms with Gasteiger partial charge in [0.1, 0.15) is 18.3 Å². The summed E-state index contributed by atoms with van der Waals surface area (Å²) in [6.45, 7) is 0. The van der Waals surface area contributed by atoms with Gasteiger partial charge in [-0.1, -0.05) is 30.3 Å². The average molecular weight is 241 g/mol. The summed E-state index contributed by atoms with van der Waals surface area (Å²) in [6.07, 6.45) is -6.90. The van der Waals surface area contributed by atoms with Crippen LogP contribution in [0, 0.1) is 0 Å². The zero-order chi connectivity index (χ0) is 13.0. The molecule has 0 aliphatic rings. The van der Waals surface area contributed by atoms with E-state index in [1.54, 1.807) is 18.2 Å². The van der Waals surface area contributed by atoms with Crippen LogP contribution in [-0.4, -0.2) is 44.6 Å². The van der Waals surface area contributed by atoms with Gasteiger partial charge in [-0.2, -0.15) is 0 Å². The molecule has 6 N–H and O–H groups in total. The Morgan fingerprint density at radius 3 is 2.00 bits per heavy atom. The lowest BCUT2D eigenvalue weighted by Crippen LogP contribution is -2.47. The molecule has 1 amide bonds. The summed E-state index contributed by atoms with van der Waals surface area (Å²) in [5, 5.41) is 37.9. The molecule has 4 atom stereocenters. The van der Waals surface area contributed by atoms with Crippen LogP contribution < -0.4 is 5.73 Å². The lowest BCUT2D eigenvalue weighted by atomic mass is 9.97. The summed E-state index contributed by atoms with van der Waals surface area (Å²) in [7, 11) is 0. The molecule has 94 valence electrons. The number of nitrogens with two attached hydrogens (primary N) is 1. The predicted octanol–water partition coefficient (Wildman–Crippen LogP) is -1.71. The molecule has 0 aliphatic heterocycles. The monoisotopic (exact) mass is 241 g/mol. The molecule has 0 saturated carbocycles. The Morgan fingerprint density at radius 2 is 1.53 bits per heavy atom. The Labute approximate surface area is 97.9 Å². The first-order chi connectivity index (χ1) is 7.95. The van der Waals surface area contributed by atoms with Crippen molar-refractivity contribution in [3.63, 3.8) is 0 Å². The second kappa shape index (κ2) is 5.74. The fourth-order valence-corrected chi connectivity index (χ4v) is 1.39. The summed E-state index contributed by atoms with van der Waals surface area (Å²) in [4.78, 5) is 10.6. The van der Waals surface area contributed by atoms with Crippen molar-refractivity contribution in [1.29, 1.82) is 0 Å². The molecule has 0 aromatic heterocycles. The van der Waals surface area contributed by atoms with Crippen LogP contribution in [0.5, 0.6) is 0 Å². The number of hydrogen-bond acceptors (Lipinski definition) is 5. The third kappa shape index (κ3) is 3.24. The molecule has 1 aromatic rings. The van der Waals surface area contributed by atoms with Crippen LogP contribution in [0.3, 0.4) is 0 Å². The first-order valence-corrected chi connectivity index (χ1v) is 5.01. The van der Waals surface area contributed by atoms with E-state index in [2.05, 4.69) is 0 Å². The van der Waals surface area contributed by atoms with Crippen LogP contribution in [0.2, 0.25) is 0 Å². The minimum atomic E-state index is -1.93. The lowest BCUT2D eigenvalue weighted by Gasteiger charge is -2.25. The molecule has 1 aromatic carbocycles. The standard InChI is InChI=1S/C11H15NO5/c12-11(17)10(16)9(15)8(14)7(13)6-4-2-1-3-5-6/h1-5,7-10,13-16H,(H2,12,17)/t7-,8-,9-,10-/m0/s1. The van der Waals surface area contributed by atoms with Crippen molar-refractivity contribution in [2.24, 2.45) is 5.73 Å². The quantitative estimate of drug-likeness (QED) is 0.420. The molecule has 0 bridgehead atoms. The van der Waals surface area contributed by atoms with Crippen LogP contribution in [0.15, 0.2) is 30.3 Å². The molecule has 0 saturated heterocycles. The normalized spacial score (nSPS) is 18.1. The van der Waals surface area contributed by atoms with Crippen molar-refractivity contribution in [3.8, 4) is 0 Å². The van der Waals surface area contributed by atoms with Gasteiger partial charge in [0.15, 0.2) is 6.10 Å². The van der Waals surface area contributed by atoms with E-state index in [0.717, 1.165) is 0 Å². The maximum absolute atomic E-state index is 10.6. The minimum absolute atomic E-state index is 0.357. The van der Waals surface area contributed by atoms with Crippen molar-refractivity contribution < 1.29 is 25.2 Å². The number of primary amides is 1. The molecule has 0 fully saturated rings. The van der Waals surface area contributed by atoms with Crippen LogP contribution in [0.1, 0.15) is 11.7 Å². The van der Waals surface area contributed by atoms with Crippen LogP contribution in [-0.2, 0) is 4.79 Å². The van der Waals surface area contributed by atoms with Gasteiger partial charge < -0.3 is 26.2 Å². The Bertz CT molecular complexity index is 369. The zero-order valence-electron chi connectivity index (χ0n) is 8.97. The topological polar surface area (TPSA) is 124 Å². The first kappa shape index (κ1) is 13.6. The molecular formula is C11H15NO5. The number of benzene rings is 1. The number of carbonyl (C=O) groups is 1. The van der Waals surface area contributed by atoms with Crippen LogP contribution in [0.25, 0.3) is 0 Å². The second-order valence-electron chi connectivity index (χ2n) is 3.68.